The van der Waals surface area contributed by atoms with Crippen LogP contribution < -0.4 is 5.73 Å². The first-order chi connectivity index (χ1) is 13.4. The predicted octanol–water partition coefficient (Wildman–Crippen LogP) is 3.11. The van der Waals surface area contributed by atoms with Crippen molar-refractivity contribution in [2.75, 3.05) is 13.2 Å². The Balaban J connectivity index is 3.00. The lowest BCUT2D eigenvalue weighted by atomic mass is 9.82. The highest BCUT2D eigenvalue weighted by molar-refractivity contribution is 6.04. The molecule has 0 spiro atoms. The number of carbonyl (C=O) groups excluding carboxylic acids is 3. The number of nitrogens with two attached hydrogens (primary N) is 1. The molecule has 162 valence electrons. The topological polar surface area (TPSA) is 105 Å². The molecule has 1 rings (SSSR count). The highest BCUT2D eigenvalue weighted by atomic mass is 16.6. The minimum absolute atomic E-state index is 0.00650. The summed E-state index contributed by atoms with van der Waals surface area (Å²) in [5.74, 6) is -2.56. The van der Waals surface area contributed by atoms with E-state index in [1.54, 1.807) is 58.0 Å². The average molecular weight is 408 g/mol. The van der Waals surface area contributed by atoms with Crippen LogP contribution in [0.2, 0.25) is 0 Å². The first-order valence-electron chi connectivity index (χ1n) is 9.82. The molecule has 7 nitrogen and oxygen atoms in total. The fraction of sp³-hybridized carbons (Fsp3) is 0.591. The van der Waals surface area contributed by atoms with E-state index < -0.39 is 29.0 Å². The van der Waals surface area contributed by atoms with Crippen LogP contribution in [0.5, 0.6) is 0 Å². The van der Waals surface area contributed by atoms with Gasteiger partial charge in [0, 0.05) is 0 Å². The number of rotatable bonds is 9. The molecule has 7 heteroatoms. The molecule has 0 unspecified atom stereocenters. The van der Waals surface area contributed by atoms with Crippen molar-refractivity contribution in [2.45, 2.75) is 59.1 Å². The fourth-order valence-electron chi connectivity index (χ4n) is 2.62. The maximum atomic E-state index is 12.8. The standard InChI is InChI=1S/C22H33NO6/c1-7-27-19(25)22(23,20(26)29-21(4,5)6)13-17(15(2)3)14-28-18(24)16-11-9-8-10-12-16/h8-12,15,17H,7,13-14,23H2,1-6H3/t17-,22+/m1/s1. The Labute approximate surface area is 172 Å². The second-order valence-corrected chi connectivity index (χ2v) is 8.37. The summed E-state index contributed by atoms with van der Waals surface area (Å²) in [7, 11) is 0. The fourth-order valence-corrected chi connectivity index (χ4v) is 2.62. The summed E-state index contributed by atoms with van der Waals surface area (Å²) < 4.78 is 15.8. The van der Waals surface area contributed by atoms with Crippen LogP contribution in [0.15, 0.2) is 30.3 Å². The van der Waals surface area contributed by atoms with Gasteiger partial charge < -0.3 is 19.9 Å². The Kier molecular flexibility index (Phi) is 8.82. The van der Waals surface area contributed by atoms with Gasteiger partial charge in [-0.1, -0.05) is 32.0 Å². The monoisotopic (exact) mass is 407 g/mol. The van der Waals surface area contributed by atoms with E-state index in [1.807, 2.05) is 13.8 Å². The Morgan fingerprint density at radius 1 is 1.00 bits per heavy atom. The van der Waals surface area contributed by atoms with Gasteiger partial charge in [0.15, 0.2) is 0 Å². The Bertz CT molecular complexity index is 695. The molecule has 1 aromatic rings. The normalized spacial score (nSPS) is 14.6. The quantitative estimate of drug-likeness (QED) is 0.381. The SMILES string of the molecule is CCOC(=O)[C@@](N)(C[C@H](COC(=O)c1ccccc1)C(C)C)C(=O)OC(C)(C)C. The maximum absolute atomic E-state index is 12.8. The zero-order chi connectivity index (χ0) is 22.2. The zero-order valence-corrected chi connectivity index (χ0v) is 18.2. The molecular weight excluding hydrogens is 374 g/mol. The molecule has 0 amide bonds. The Hall–Kier alpha value is -2.41. The molecule has 2 atom stereocenters. The van der Waals surface area contributed by atoms with Crippen LogP contribution in [0.4, 0.5) is 0 Å². The van der Waals surface area contributed by atoms with Crippen molar-refractivity contribution < 1.29 is 28.6 Å². The van der Waals surface area contributed by atoms with E-state index in [9.17, 15) is 14.4 Å². The van der Waals surface area contributed by atoms with Crippen molar-refractivity contribution in [3.63, 3.8) is 0 Å². The van der Waals surface area contributed by atoms with Crippen LogP contribution in [0.25, 0.3) is 0 Å². The summed E-state index contributed by atoms with van der Waals surface area (Å²) >= 11 is 0. The third-order valence-electron chi connectivity index (χ3n) is 4.37. The summed E-state index contributed by atoms with van der Waals surface area (Å²) in [6.07, 6.45) is -0.0690. The lowest BCUT2D eigenvalue weighted by molar-refractivity contribution is -0.172. The molecule has 0 aliphatic carbocycles. The van der Waals surface area contributed by atoms with Crippen molar-refractivity contribution >= 4 is 17.9 Å². The van der Waals surface area contributed by atoms with E-state index in [0.29, 0.717) is 5.56 Å². The second-order valence-electron chi connectivity index (χ2n) is 8.37. The summed E-state index contributed by atoms with van der Waals surface area (Å²) in [6.45, 7) is 10.6. The number of benzene rings is 1. The molecular formula is C22H33NO6. The number of hydrogen-bond acceptors (Lipinski definition) is 7. The third-order valence-corrected chi connectivity index (χ3v) is 4.37. The maximum Gasteiger partial charge on any atom is 0.338 e. The lowest BCUT2D eigenvalue weighted by Crippen LogP contribution is -2.59. The van der Waals surface area contributed by atoms with Crippen molar-refractivity contribution in [1.29, 1.82) is 0 Å². The van der Waals surface area contributed by atoms with E-state index in [4.69, 9.17) is 19.9 Å². The van der Waals surface area contributed by atoms with Gasteiger partial charge >= 0.3 is 17.9 Å². The molecule has 29 heavy (non-hydrogen) atoms. The van der Waals surface area contributed by atoms with Crippen LogP contribution in [-0.4, -0.2) is 42.3 Å². The summed E-state index contributed by atoms with van der Waals surface area (Å²) in [6, 6.07) is 8.59. The molecule has 0 fully saturated rings. The number of esters is 3. The highest BCUT2D eigenvalue weighted by Gasteiger charge is 2.48. The van der Waals surface area contributed by atoms with Gasteiger partial charge in [-0.2, -0.15) is 0 Å². The number of hydrogen-bond donors (Lipinski definition) is 1. The molecule has 0 bridgehead atoms. The summed E-state index contributed by atoms with van der Waals surface area (Å²) in [5, 5.41) is 0. The van der Waals surface area contributed by atoms with Crippen molar-refractivity contribution in [2.24, 2.45) is 17.6 Å². The van der Waals surface area contributed by atoms with Crippen molar-refractivity contribution in [1.82, 2.24) is 0 Å². The highest BCUT2D eigenvalue weighted by Crippen LogP contribution is 2.27. The van der Waals surface area contributed by atoms with Crippen molar-refractivity contribution in [3.05, 3.63) is 35.9 Å². The second kappa shape index (κ2) is 10.4. The van der Waals surface area contributed by atoms with Gasteiger partial charge in [0.2, 0.25) is 5.54 Å². The molecule has 0 saturated carbocycles. The van der Waals surface area contributed by atoms with Gasteiger partial charge in [-0.15, -0.1) is 0 Å². The van der Waals surface area contributed by atoms with Crippen LogP contribution in [0.3, 0.4) is 0 Å². The predicted molar refractivity (Wildman–Crippen MR) is 109 cm³/mol. The zero-order valence-electron chi connectivity index (χ0n) is 18.2. The molecule has 1 aromatic carbocycles. The first-order valence-corrected chi connectivity index (χ1v) is 9.82. The van der Waals surface area contributed by atoms with E-state index in [2.05, 4.69) is 0 Å². The molecule has 0 saturated heterocycles. The third kappa shape index (κ3) is 7.49. The first kappa shape index (κ1) is 24.6. The minimum Gasteiger partial charge on any atom is -0.464 e. The van der Waals surface area contributed by atoms with E-state index in [0.717, 1.165) is 0 Å². The van der Waals surface area contributed by atoms with E-state index in [1.165, 1.54) is 0 Å². The van der Waals surface area contributed by atoms with Crippen LogP contribution in [0, 0.1) is 11.8 Å². The molecule has 0 heterocycles. The molecule has 0 aromatic heterocycles. The van der Waals surface area contributed by atoms with Crippen LogP contribution in [-0.2, 0) is 23.8 Å². The van der Waals surface area contributed by atoms with Gasteiger partial charge in [-0.05, 0) is 58.1 Å². The summed E-state index contributed by atoms with van der Waals surface area (Å²) in [5.41, 5.74) is 3.86. The van der Waals surface area contributed by atoms with E-state index >= 15 is 0 Å². The molecule has 0 radical (unpaired) electrons. The van der Waals surface area contributed by atoms with E-state index in [-0.39, 0.29) is 31.5 Å². The smallest absolute Gasteiger partial charge is 0.338 e. The number of carbonyl (C=O) groups is 3. The van der Waals surface area contributed by atoms with Crippen LogP contribution >= 0.6 is 0 Å². The van der Waals surface area contributed by atoms with Gasteiger partial charge in [0.25, 0.3) is 0 Å². The minimum atomic E-state index is -1.99. The largest absolute Gasteiger partial charge is 0.464 e. The summed E-state index contributed by atoms with van der Waals surface area (Å²) in [4.78, 5) is 37.6. The molecule has 2 N–H and O–H groups in total. The van der Waals surface area contributed by atoms with Gasteiger partial charge in [0.1, 0.15) is 5.60 Å². The Morgan fingerprint density at radius 2 is 1.59 bits per heavy atom. The van der Waals surface area contributed by atoms with Crippen LogP contribution in [0.1, 0.15) is 58.3 Å². The lowest BCUT2D eigenvalue weighted by Gasteiger charge is -2.33. The molecule has 0 aliphatic heterocycles. The van der Waals surface area contributed by atoms with Gasteiger partial charge in [0.05, 0.1) is 18.8 Å². The average Bonchev–Trinajstić information content (AvgIpc) is 2.63. The van der Waals surface area contributed by atoms with Crippen molar-refractivity contribution in [3.8, 4) is 0 Å². The number of ether oxygens (including phenoxy) is 3. The Morgan fingerprint density at radius 3 is 2.07 bits per heavy atom. The molecule has 0 aliphatic rings. The van der Waals surface area contributed by atoms with Gasteiger partial charge in [-0.25, -0.2) is 14.4 Å². The van der Waals surface area contributed by atoms with Gasteiger partial charge in [-0.3, -0.25) is 0 Å².